The number of pyridine rings is 1. The fourth-order valence-corrected chi connectivity index (χ4v) is 2.61. The van der Waals surface area contributed by atoms with Crippen LogP contribution in [0.2, 0.25) is 0 Å². The summed E-state index contributed by atoms with van der Waals surface area (Å²) in [4.78, 5) is 4.01. The van der Waals surface area contributed by atoms with Gasteiger partial charge in [-0.25, -0.2) is 17.7 Å². The van der Waals surface area contributed by atoms with Crippen LogP contribution in [0, 0.1) is 0 Å². The van der Waals surface area contributed by atoms with Crippen LogP contribution in [0.15, 0.2) is 18.3 Å². The van der Waals surface area contributed by atoms with Gasteiger partial charge in [0.15, 0.2) is 0 Å². The summed E-state index contributed by atoms with van der Waals surface area (Å²) < 4.78 is 29.3. The minimum absolute atomic E-state index is 0.502. The smallest absolute Gasteiger partial charge is 0.214 e. The second-order valence-electron chi connectivity index (χ2n) is 4.12. The molecule has 0 spiro atoms. The summed E-state index contributed by atoms with van der Waals surface area (Å²) in [6.07, 6.45) is 3.64. The van der Waals surface area contributed by atoms with Gasteiger partial charge in [0.05, 0.1) is 13.4 Å². The Labute approximate surface area is 114 Å². The summed E-state index contributed by atoms with van der Waals surface area (Å²) in [5, 5.41) is 3.21. The first-order chi connectivity index (χ1) is 8.97. The van der Waals surface area contributed by atoms with E-state index < -0.39 is 10.0 Å². The van der Waals surface area contributed by atoms with Crippen LogP contribution < -0.4 is 10.1 Å². The summed E-state index contributed by atoms with van der Waals surface area (Å²) >= 11 is 0. The lowest BCUT2D eigenvalue weighted by Gasteiger charge is -2.17. The first-order valence-electron chi connectivity index (χ1n) is 6.16. The molecule has 0 saturated heterocycles. The number of nitrogens with one attached hydrogen (secondary N) is 1. The van der Waals surface area contributed by atoms with Crippen molar-refractivity contribution in [2.75, 3.05) is 38.3 Å². The second kappa shape index (κ2) is 7.30. The zero-order chi connectivity index (χ0) is 14.3. The third-order valence-corrected chi connectivity index (χ3v) is 4.06. The van der Waals surface area contributed by atoms with Crippen molar-refractivity contribution in [3.05, 3.63) is 18.3 Å². The van der Waals surface area contributed by atoms with Crippen LogP contribution in [0.1, 0.15) is 13.3 Å². The highest BCUT2D eigenvalue weighted by Gasteiger charge is 2.12. The van der Waals surface area contributed by atoms with Crippen molar-refractivity contribution in [3.8, 4) is 5.88 Å². The van der Waals surface area contributed by atoms with E-state index in [9.17, 15) is 8.42 Å². The Morgan fingerprint density at radius 1 is 1.47 bits per heavy atom. The van der Waals surface area contributed by atoms with Gasteiger partial charge in [-0.15, -0.1) is 0 Å². The molecule has 1 aromatic rings. The van der Waals surface area contributed by atoms with Gasteiger partial charge in [-0.2, -0.15) is 0 Å². The van der Waals surface area contributed by atoms with Crippen molar-refractivity contribution in [1.82, 2.24) is 9.29 Å². The van der Waals surface area contributed by atoms with E-state index in [1.54, 1.807) is 19.4 Å². The molecule has 19 heavy (non-hydrogen) atoms. The fourth-order valence-electron chi connectivity index (χ4n) is 1.68. The van der Waals surface area contributed by atoms with E-state index in [0.717, 1.165) is 12.1 Å². The minimum atomic E-state index is -3.10. The van der Waals surface area contributed by atoms with Crippen LogP contribution in [-0.4, -0.2) is 50.7 Å². The number of aromatic nitrogens is 1. The Hall–Kier alpha value is -1.34. The first-order valence-corrected chi connectivity index (χ1v) is 8.01. The van der Waals surface area contributed by atoms with Crippen LogP contribution in [0.5, 0.6) is 5.88 Å². The molecule has 0 bridgehead atoms. The van der Waals surface area contributed by atoms with Gasteiger partial charge in [0, 0.05) is 37.6 Å². The zero-order valence-electron chi connectivity index (χ0n) is 11.6. The monoisotopic (exact) mass is 287 g/mol. The number of nitrogens with zero attached hydrogens (tertiary/aromatic N) is 2. The molecule has 0 saturated carbocycles. The topological polar surface area (TPSA) is 71.5 Å². The summed E-state index contributed by atoms with van der Waals surface area (Å²) in [5.41, 5.74) is 0.911. The first kappa shape index (κ1) is 15.7. The highest BCUT2D eigenvalue weighted by molar-refractivity contribution is 7.88. The highest BCUT2D eigenvalue weighted by atomic mass is 32.2. The lowest BCUT2D eigenvalue weighted by Crippen LogP contribution is -2.31. The van der Waals surface area contributed by atoms with Crippen molar-refractivity contribution in [1.29, 1.82) is 0 Å². The molecule has 0 aromatic carbocycles. The lowest BCUT2D eigenvalue weighted by atomic mass is 10.3. The highest BCUT2D eigenvalue weighted by Crippen LogP contribution is 2.13. The zero-order valence-corrected chi connectivity index (χ0v) is 12.4. The second-order valence-corrected chi connectivity index (χ2v) is 6.10. The standard InChI is InChI=1S/C12H21N3O3S/c1-4-15(19(3,16)17)9-5-7-13-11-6-8-14-12(10-11)18-2/h6,8,10H,4-5,7,9H2,1-3H3,(H,13,14). The molecule has 0 fully saturated rings. The van der Waals surface area contributed by atoms with Crippen LogP contribution in [0.3, 0.4) is 0 Å². The van der Waals surface area contributed by atoms with Crippen LogP contribution in [0.25, 0.3) is 0 Å². The van der Waals surface area contributed by atoms with E-state index in [0.29, 0.717) is 25.5 Å². The van der Waals surface area contributed by atoms with E-state index in [-0.39, 0.29) is 0 Å². The predicted octanol–water partition coefficient (Wildman–Crippen LogP) is 1.17. The van der Waals surface area contributed by atoms with Gasteiger partial charge in [0.1, 0.15) is 0 Å². The van der Waals surface area contributed by atoms with E-state index in [1.165, 1.54) is 10.6 Å². The molecule has 6 nitrogen and oxygen atoms in total. The van der Waals surface area contributed by atoms with Gasteiger partial charge in [0.25, 0.3) is 0 Å². The van der Waals surface area contributed by atoms with Crippen molar-refractivity contribution in [3.63, 3.8) is 0 Å². The van der Waals surface area contributed by atoms with Gasteiger partial charge >= 0.3 is 0 Å². The van der Waals surface area contributed by atoms with E-state index in [2.05, 4.69) is 10.3 Å². The number of ether oxygens (including phenoxy) is 1. The Balaban J connectivity index is 2.38. The normalized spacial score (nSPS) is 11.6. The summed E-state index contributed by atoms with van der Waals surface area (Å²) in [6.45, 7) is 3.55. The maximum atomic E-state index is 11.4. The number of hydrogen-bond donors (Lipinski definition) is 1. The molecular formula is C12H21N3O3S. The molecule has 0 amide bonds. The summed E-state index contributed by atoms with van der Waals surface area (Å²) in [6, 6.07) is 3.64. The average Bonchev–Trinajstić information content (AvgIpc) is 2.37. The number of methoxy groups -OCH3 is 1. The molecule has 1 rings (SSSR count). The molecule has 0 aliphatic carbocycles. The molecule has 1 aromatic heterocycles. The third-order valence-electron chi connectivity index (χ3n) is 2.68. The van der Waals surface area contributed by atoms with Crippen molar-refractivity contribution >= 4 is 15.7 Å². The van der Waals surface area contributed by atoms with Gasteiger partial charge in [0.2, 0.25) is 15.9 Å². The number of rotatable bonds is 8. The third kappa shape index (κ3) is 5.44. The maximum absolute atomic E-state index is 11.4. The lowest BCUT2D eigenvalue weighted by molar-refractivity contribution is 0.398. The summed E-state index contributed by atoms with van der Waals surface area (Å²) in [7, 11) is -1.53. The predicted molar refractivity (Wildman–Crippen MR) is 76.0 cm³/mol. The molecule has 1 N–H and O–H groups in total. The Kier molecular flexibility index (Phi) is 6.04. The molecule has 0 aliphatic heterocycles. The summed E-state index contributed by atoms with van der Waals surface area (Å²) in [5.74, 6) is 0.552. The largest absolute Gasteiger partial charge is 0.481 e. The molecule has 0 radical (unpaired) electrons. The maximum Gasteiger partial charge on any atom is 0.214 e. The van der Waals surface area contributed by atoms with Crippen LogP contribution in [0.4, 0.5) is 5.69 Å². The SMILES string of the molecule is CCN(CCCNc1ccnc(OC)c1)S(C)(=O)=O. The number of hydrogen-bond acceptors (Lipinski definition) is 5. The van der Waals surface area contributed by atoms with Crippen molar-refractivity contribution in [2.45, 2.75) is 13.3 Å². The van der Waals surface area contributed by atoms with Gasteiger partial charge in [-0.3, -0.25) is 0 Å². The minimum Gasteiger partial charge on any atom is -0.481 e. The molecule has 0 aliphatic rings. The van der Waals surface area contributed by atoms with E-state index in [1.807, 2.05) is 13.0 Å². The van der Waals surface area contributed by atoms with Gasteiger partial charge in [-0.05, 0) is 12.5 Å². The van der Waals surface area contributed by atoms with Crippen LogP contribution in [-0.2, 0) is 10.0 Å². The van der Waals surface area contributed by atoms with Crippen molar-refractivity contribution < 1.29 is 13.2 Å². The molecule has 0 atom stereocenters. The van der Waals surface area contributed by atoms with E-state index in [4.69, 9.17) is 4.74 Å². The molecule has 108 valence electrons. The molecule has 0 unspecified atom stereocenters. The Morgan fingerprint density at radius 3 is 2.79 bits per heavy atom. The van der Waals surface area contributed by atoms with Crippen molar-refractivity contribution in [2.24, 2.45) is 0 Å². The van der Waals surface area contributed by atoms with Gasteiger partial charge < -0.3 is 10.1 Å². The molecule has 7 heteroatoms. The number of anilines is 1. The van der Waals surface area contributed by atoms with Crippen LogP contribution >= 0.6 is 0 Å². The quantitative estimate of drug-likeness (QED) is 0.727. The molecule has 1 heterocycles. The fraction of sp³-hybridized carbons (Fsp3) is 0.583. The van der Waals surface area contributed by atoms with E-state index >= 15 is 0 Å². The molecular weight excluding hydrogens is 266 g/mol. The number of sulfonamides is 1. The average molecular weight is 287 g/mol. The Bertz CT molecular complexity index is 491. The Morgan fingerprint density at radius 2 is 2.21 bits per heavy atom. The van der Waals surface area contributed by atoms with Gasteiger partial charge in [-0.1, -0.05) is 6.92 Å².